The van der Waals surface area contributed by atoms with Crippen LogP contribution < -0.4 is 14.8 Å². The fraction of sp³-hybridized carbons (Fsp3) is 0.450. The smallest absolute Gasteiger partial charge is 0.161 e. The highest BCUT2D eigenvalue weighted by Crippen LogP contribution is 2.29. The molecule has 0 saturated carbocycles. The van der Waals surface area contributed by atoms with Gasteiger partial charge in [0.25, 0.3) is 0 Å². The quantitative estimate of drug-likeness (QED) is 0.837. The Morgan fingerprint density at radius 1 is 1.19 bits per heavy atom. The normalized spacial score (nSPS) is 20.3. The van der Waals surface area contributed by atoms with Crippen LogP contribution >= 0.6 is 12.4 Å². The van der Waals surface area contributed by atoms with Gasteiger partial charge in [0.15, 0.2) is 11.5 Å². The first-order valence-electron chi connectivity index (χ1n) is 8.81. The van der Waals surface area contributed by atoms with Crippen molar-refractivity contribution in [1.82, 2.24) is 15.2 Å². The van der Waals surface area contributed by atoms with Gasteiger partial charge in [0.2, 0.25) is 0 Å². The van der Waals surface area contributed by atoms with Gasteiger partial charge in [0.05, 0.1) is 7.11 Å². The zero-order chi connectivity index (χ0) is 17.6. The molecule has 1 saturated heterocycles. The molecule has 5 nitrogen and oxygen atoms in total. The Morgan fingerprint density at radius 3 is 2.77 bits per heavy atom. The lowest BCUT2D eigenvalue weighted by atomic mass is 10.1. The van der Waals surface area contributed by atoms with Crippen LogP contribution in [0, 0.1) is 0 Å². The van der Waals surface area contributed by atoms with Crippen molar-refractivity contribution in [2.24, 2.45) is 0 Å². The molecule has 1 fully saturated rings. The summed E-state index contributed by atoms with van der Waals surface area (Å²) >= 11 is 0. The van der Waals surface area contributed by atoms with Crippen LogP contribution in [0.2, 0.25) is 0 Å². The molecule has 2 heterocycles. The molecule has 1 N–H and O–H groups in total. The topological polar surface area (TPSA) is 46.6 Å². The third-order valence-electron chi connectivity index (χ3n) is 4.62. The van der Waals surface area contributed by atoms with Gasteiger partial charge in [-0.25, -0.2) is 0 Å². The van der Waals surface area contributed by atoms with Gasteiger partial charge in [-0.3, -0.25) is 9.88 Å². The first-order chi connectivity index (χ1) is 12.2. The van der Waals surface area contributed by atoms with Crippen LogP contribution in [0.5, 0.6) is 11.5 Å². The van der Waals surface area contributed by atoms with E-state index in [9.17, 15) is 0 Å². The van der Waals surface area contributed by atoms with Crippen molar-refractivity contribution < 1.29 is 9.47 Å². The molecule has 0 spiro atoms. The third kappa shape index (κ3) is 5.34. The second kappa shape index (κ2) is 9.76. The number of methoxy groups -OCH3 is 1. The van der Waals surface area contributed by atoms with E-state index in [1.807, 2.05) is 24.4 Å². The molecule has 6 heteroatoms. The summed E-state index contributed by atoms with van der Waals surface area (Å²) in [4.78, 5) is 6.63. The number of pyridine rings is 1. The molecule has 1 aromatic heterocycles. The first-order valence-corrected chi connectivity index (χ1v) is 8.81. The number of piperazine rings is 1. The number of benzene rings is 1. The summed E-state index contributed by atoms with van der Waals surface area (Å²) in [6, 6.07) is 11.2. The lowest BCUT2D eigenvalue weighted by Crippen LogP contribution is -2.53. The second-order valence-electron chi connectivity index (χ2n) is 6.72. The van der Waals surface area contributed by atoms with E-state index in [2.05, 4.69) is 41.2 Å². The molecule has 3 rings (SSSR count). The summed E-state index contributed by atoms with van der Waals surface area (Å²) in [7, 11) is 1.67. The monoisotopic (exact) mass is 377 g/mol. The predicted octanol–water partition coefficient (Wildman–Crippen LogP) is 3.27. The number of ether oxygens (including phenoxy) is 2. The van der Waals surface area contributed by atoms with Crippen molar-refractivity contribution in [1.29, 1.82) is 0 Å². The summed E-state index contributed by atoms with van der Waals surface area (Å²) in [5, 5.41) is 3.52. The van der Waals surface area contributed by atoms with Gasteiger partial charge in [-0.05, 0) is 37.6 Å². The van der Waals surface area contributed by atoms with Crippen molar-refractivity contribution >= 4 is 12.4 Å². The number of nitrogens with one attached hydrogen (secondary N) is 1. The summed E-state index contributed by atoms with van der Waals surface area (Å²) in [5.41, 5.74) is 2.28. The van der Waals surface area contributed by atoms with Crippen LogP contribution in [0.15, 0.2) is 42.7 Å². The Kier molecular flexibility index (Phi) is 7.69. The van der Waals surface area contributed by atoms with Gasteiger partial charge >= 0.3 is 0 Å². The predicted molar refractivity (Wildman–Crippen MR) is 106 cm³/mol. The molecule has 0 bridgehead atoms. The molecule has 142 valence electrons. The number of hydrogen-bond acceptors (Lipinski definition) is 5. The third-order valence-corrected chi connectivity index (χ3v) is 4.62. The lowest BCUT2D eigenvalue weighted by molar-refractivity contribution is 0.138. The molecular weight excluding hydrogens is 350 g/mol. The number of aromatic nitrogens is 1. The maximum Gasteiger partial charge on any atom is 0.161 e. The summed E-state index contributed by atoms with van der Waals surface area (Å²) in [6.45, 7) is 7.98. The minimum absolute atomic E-state index is 0. The molecule has 0 amide bonds. The van der Waals surface area contributed by atoms with Crippen LogP contribution in [0.3, 0.4) is 0 Å². The zero-order valence-electron chi connectivity index (χ0n) is 15.6. The van der Waals surface area contributed by atoms with E-state index in [0.29, 0.717) is 18.7 Å². The van der Waals surface area contributed by atoms with Gasteiger partial charge in [-0.1, -0.05) is 12.1 Å². The molecule has 1 aliphatic heterocycles. The van der Waals surface area contributed by atoms with E-state index >= 15 is 0 Å². The molecule has 2 unspecified atom stereocenters. The standard InChI is InChI=1S/C20H27N3O2.ClH/c1-15-12-23(16(2)10-22-15)13-17-6-7-19(24-3)20(9-17)25-14-18-5-4-8-21-11-18;/h4-9,11,15-16,22H,10,12-14H2,1-3H3;1H. The SMILES string of the molecule is COc1ccc(CN2CC(C)NCC2C)cc1OCc1cccnc1.Cl. The maximum absolute atomic E-state index is 6.00. The highest BCUT2D eigenvalue weighted by Gasteiger charge is 2.22. The Morgan fingerprint density at radius 2 is 2.04 bits per heavy atom. The average Bonchev–Trinajstić information content (AvgIpc) is 2.64. The number of halogens is 1. The molecule has 1 aromatic carbocycles. The van der Waals surface area contributed by atoms with E-state index in [4.69, 9.17) is 9.47 Å². The molecule has 1 aliphatic rings. The van der Waals surface area contributed by atoms with E-state index in [1.165, 1.54) is 5.56 Å². The highest BCUT2D eigenvalue weighted by molar-refractivity contribution is 5.85. The Balaban J connectivity index is 0.00000243. The second-order valence-corrected chi connectivity index (χ2v) is 6.72. The van der Waals surface area contributed by atoms with Crippen molar-refractivity contribution in [2.75, 3.05) is 20.2 Å². The van der Waals surface area contributed by atoms with Gasteiger partial charge < -0.3 is 14.8 Å². The van der Waals surface area contributed by atoms with Gasteiger partial charge in [0.1, 0.15) is 6.61 Å². The van der Waals surface area contributed by atoms with Crippen LogP contribution in [0.4, 0.5) is 0 Å². The van der Waals surface area contributed by atoms with Crippen LogP contribution in [-0.2, 0) is 13.2 Å². The largest absolute Gasteiger partial charge is 0.493 e. The zero-order valence-corrected chi connectivity index (χ0v) is 16.5. The van der Waals surface area contributed by atoms with Gasteiger partial charge in [-0.15, -0.1) is 12.4 Å². The van der Waals surface area contributed by atoms with Crippen LogP contribution in [-0.4, -0.2) is 42.2 Å². The fourth-order valence-corrected chi connectivity index (χ4v) is 3.13. The average molecular weight is 378 g/mol. The summed E-state index contributed by atoms with van der Waals surface area (Å²) in [5.74, 6) is 1.54. The van der Waals surface area contributed by atoms with Crippen molar-refractivity contribution in [3.05, 3.63) is 53.9 Å². The van der Waals surface area contributed by atoms with E-state index < -0.39 is 0 Å². The van der Waals surface area contributed by atoms with Crippen LogP contribution in [0.25, 0.3) is 0 Å². The number of hydrogen-bond donors (Lipinski definition) is 1. The van der Waals surface area contributed by atoms with Gasteiger partial charge in [0, 0.05) is 49.7 Å². The van der Waals surface area contributed by atoms with Crippen molar-refractivity contribution in [2.45, 2.75) is 39.1 Å². The highest BCUT2D eigenvalue weighted by atomic mass is 35.5. The maximum atomic E-state index is 6.00. The lowest BCUT2D eigenvalue weighted by Gasteiger charge is -2.37. The molecule has 0 radical (unpaired) electrons. The van der Waals surface area contributed by atoms with Crippen molar-refractivity contribution in [3.63, 3.8) is 0 Å². The fourth-order valence-electron chi connectivity index (χ4n) is 3.13. The minimum atomic E-state index is 0. The van der Waals surface area contributed by atoms with Gasteiger partial charge in [-0.2, -0.15) is 0 Å². The Labute approximate surface area is 162 Å². The summed E-state index contributed by atoms with van der Waals surface area (Å²) in [6.07, 6.45) is 3.58. The summed E-state index contributed by atoms with van der Waals surface area (Å²) < 4.78 is 11.4. The molecule has 0 aliphatic carbocycles. The Bertz CT molecular complexity index is 684. The van der Waals surface area contributed by atoms with Crippen molar-refractivity contribution in [3.8, 4) is 11.5 Å². The van der Waals surface area contributed by atoms with E-state index in [-0.39, 0.29) is 12.4 Å². The first kappa shape index (κ1) is 20.5. The molecule has 2 aromatic rings. The number of nitrogens with zero attached hydrogens (tertiary/aromatic N) is 2. The number of rotatable bonds is 6. The van der Waals surface area contributed by atoms with E-state index in [0.717, 1.165) is 36.7 Å². The molecule has 2 atom stereocenters. The Hall–Kier alpha value is -1.82. The minimum Gasteiger partial charge on any atom is -0.493 e. The molecule has 26 heavy (non-hydrogen) atoms. The van der Waals surface area contributed by atoms with Crippen LogP contribution in [0.1, 0.15) is 25.0 Å². The van der Waals surface area contributed by atoms with E-state index in [1.54, 1.807) is 13.3 Å². The molecular formula is C20H28ClN3O2.